The van der Waals surface area contributed by atoms with Gasteiger partial charge in [-0.2, -0.15) is 4.31 Å². The zero-order valence-electron chi connectivity index (χ0n) is 15.4. The monoisotopic (exact) mass is 424 g/mol. The maximum absolute atomic E-state index is 12.8. The summed E-state index contributed by atoms with van der Waals surface area (Å²) in [5, 5.41) is 2.92. The van der Waals surface area contributed by atoms with E-state index in [1.54, 1.807) is 24.3 Å². The Morgan fingerprint density at radius 1 is 1.21 bits per heavy atom. The van der Waals surface area contributed by atoms with Crippen LogP contribution in [0.4, 0.5) is 5.69 Å². The van der Waals surface area contributed by atoms with Crippen molar-refractivity contribution in [3.05, 3.63) is 53.1 Å². The standard InChI is InChI=1S/C19H21ClN2O5S/c1-2-27-15-5-3-4-14(12-15)19(23)21-18-13-16(6-7-17(18)20)28(24,25)22-8-10-26-11-9-22/h3-7,12-13H,2,8-11H2,1H3,(H,21,23). The highest BCUT2D eigenvalue weighted by Gasteiger charge is 2.27. The first-order chi connectivity index (χ1) is 13.4. The highest BCUT2D eigenvalue weighted by Crippen LogP contribution is 2.28. The summed E-state index contributed by atoms with van der Waals surface area (Å²) in [6.45, 7) is 3.62. The van der Waals surface area contributed by atoms with Gasteiger partial charge in [0.25, 0.3) is 5.91 Å². The van der Waals surface area contributed by atoms with E-state index in [-0.39, 0.29) is 28.7 Å². The lowest BCUT2D eigenvalue weighted by Gasteiger charge is -2.26. The molecular formula is C19H21ClN2O5S. The number of benzene rings is 2. The lowest BCUT2D eigenvalue weighted by Crippen LogP contribution is -2.40. The Bertz CT molecular complexity index is 959. The third kappa shape index (κ3) is 4.64. The van der Waals surface area contributed by atoms with Crippen molar-refractivity contribution in [2.45, 2.75) is 11.8 Å². The van der Waals surface area contributed by atoms with Crippen molar-refractivity contribution >= 4 is 33.2 Å². The van der Waals surface area contributed by atoms with Crippen molar-refractivity contribution < 1.29 is 22.7 Å². The van der Waals surface area contributed by atoms with Gasteiger partial charge in [0.2, 0.25) is 10.0 Å². The van der Waals surface area contributed by atoms with Gasteiger partial charge in [-0.25, -0.2) is 8.42 Å². The first-order valence-corrected chi connectivity index (χ1v) is 10.7. The van der Waals surface area contributed by atoms with Crippen LogP contribution in [0.25, 0.3) is 0 Å². The van der Waals surface area contributed by atoms with E-state index < -0.39 is 15.9 Å². The Balaban J connectivity index is 1.83. The molecule has 0 radical (unpaired) electrons. The molecule has 2 aromatic rings. The molecule has 0 bridgehead atoms. The van der Waals surface area contributed by atoms with Gasteiger partial charge in [-0.3, -0.25) is 4.79 Å². The van der Waals surface area contributed by atoms with E-state index >= 15 is 0 Å². The zero-order chi connectivity index (χ0) is 20.1. The Morgan fingerprint density at radius 3 is 2.68 bits per heavy atom. The summed E-state index contributed by atoms with van der Waals surface area (Å²) in [4.78, 5) is 12.7. The van der Waals surface area contributed by atoms with Crippen LogP contribution in [0.3, 0.4) is 0 Å². The van der Waals surface area contributed by atoms with Gasteiger partial charge in [-0.1, -0.05) is 17.7 Å². The molecule has 1 aliphatic rings. The van der Waals surface area contributed by atoms with E-state index in [0.29, 0.717) is 31.1 Å². The summed E-state index contributed by atoms with van der Waals surface area (Å²) in [5.41, 5.74) is 0.603. The van der Waals surface area contributed by atoms with Crippen LogP contribution in [0.1, 0.15) is 17.3 Å². The number of rotatable bonds is 6. The number of carbonyl (C=O) groups is 1. The van der Waals surface area contributed by atoms with Crippen LogP contribution < -0.4 is 10.1 Å². The maximum atomic E-state index is 12.8. The number of halogens is 1. The molecule has 1 saturated heterocycles. The molecule has 1 fully saturated rings. The highest BCUT2D eigenvalue weighted by molar-refractivity contribution is 7.89. The number of hydrogen-bond donors (Lipinski definition) is 1. The van der Waals surface area contributed by atoms with Gasteiger partial charge in [0.15, 0.2) is 0 Å². The number of nitrogens with zero attached hydrogens (tertiary/aromatic N) is 1. The largest absolute Gasteiger partial charge is 0.494 e. The van der Waals surface area contributed by atoms with Crippen molar-refractivity contribution in [1.29, 1.82) is 0 Å². The number of anilines is 1. The second-order valence-corrected chi connectivity index (χ2v) is 8.42. The van der Waals surface area contributed by atoms with Crippen LogP contribution in [-0.4, -0.2) is 51.5 Å². The van der Waals surface area contributed by atoms with Crippen molar-refractivity contribution in [3.63, 3.8) is 0 Å². The predicted molar refractivity (Wildman–Crippen MR) is 107 cm³/mol. The molecule has 0 spiro atoms. The van der Waals surface area contributed by atoms with Crippen molar-refractivity contribution in [2.24, 2.45) is 0 Å². The number of sulfonamides is 1. The third-order valence-corrected chi connectivity index (χ3v) is 6.43. The number of morpholine rings is 1. The molecule has 0 aliphatic carbocycles. The van der Waals surface area contributed by atoms with Crippen LogP contribution in [0.2, 0.25) is 5.02 Å². The maximum Gasteiger partial charge on any atom is 0.255 e. The molecule has 2 aromatic carbocycles. The molecule has 0 unspecified atom stereocenters. The average molecular weight is 425 g/mol. The first-order valence-electron chi connectivity index (χ1n) is 8.83. The highest BCUT2D eigenvalue weighted by atomic mass is 35.5. The topological polar surface area (TPSA) is 84.9 Å². The molecule has 1 aliphatic heterocycles. The molecule has 3 rings (SSSR count). The van der Waals surface area contributed by atoms with E-state index in [1.807, 2.05) is 6.92 Å². The number of hydrogen-bond acceptors (Lipinski definition) is 5. The predicted octanol–water partition coefficient (Wildman–Crippen LogP) is 3.01. The number of carbonyl (C=O) groups excluding carboxylic acids is 1. The summed E-state index contributed by atoms with van der Waals surface area (Å²) >= 11 is 6.18. The molecule has 9 heteroatoms. The van der Waals surface area contributed by atoms with Crippen LogP contribution in [0, 0.1) is 0 Å². The lowest BCUT2D eigenvalue weighted by molar-refractivity contribution is 0.0730. The molecule has 1 N–H and O–H groups in total. The summed E-state index contributed by atoms with van der Waals surface area (Å²) in [7, 11) is -3.69. The molecule has 7 nitrogen and oxygen atoms in total. The number of nitrogens with one attached hydrogen (secondary N) is 1. The van der Waals surface area contributed by atoms with Crippen molar-refractivity contribution in [1.82, 2.24) is 4.31 Å². The van der Waals surface area contributed by atoms with Gasteiger partial charge >= 0.3 is 0 Å². The third-order valence-electron chi connectivity index (χ3n) is 4.20. The minimum absolute atomic E-state index is 0.0668. The van der Waals surface area contributed by atoms with Crippen LogP contribution in [0.15, 0.2) is 47.4 Å². The van der Waals surface area contributed by atoms with Crippen LogP contribution >= 0.6 is 11.6 Å². The summed E-state index contributed by atoms with van der Waals surface area (Å²) in [6.07, 6.45) is 0. The van der Waals surface area contributed by atoms with Crippen molar-refractivity contribution in [3.8, 4) is 5.75 Å². The zero-order valence-corrected chi connectivity index (χ0v) is 16.9. The van der Waals surface area contributed by atoms with Crippen molar-refractivity contribution in [2.75, 3.05) is 38.2 Å². The molecule has 0 saturated carbocycles. The normalized spacial score (nSPS) is 15.2. The Hall–Kier alpha value is -2.13. The van der Waals surface area contributed by atoms with Gasteiger partial charge in [0, 0.05) is 18.7 Å². The molecule has 1 amide bonds. The van der Waals surface area contributed by atoms with Gasteiger partial charge in [-0.15, -0.1) is 0 Å². The second kappa shape index (κ2) is 8.91. The molecule has 0 atom stereocenters. The smallest absolute Gasteiger partial charge is 0.255 e. The number of ether oxygens (including phenoxy) is 2. The SMILES string of the molecule is CCOc1cccc(C(=O)Nc2cc(S(=O)(=O)N3CCOCC3)ccc2Cl)c1. The Morgan fingerprint density at radius 2 is 1.96 bits per heavy atom. The molecule has 28 heavy (non-hydrogen) atoms. The Kier molecular flexibility index (Phi) is 6.56. The van der Waals surface area contributed by atoms with Crippen LogP contribution in [0.5, 0.6) is 5.75 Å². The van der Waals surface area contributed by atoms with Gasteiger partial charge in [-0.05, 0) is 43.3 Å². The minimum Gasteiger partial charge on any atom is -0.494 e. The minimum atomic E-state index is -3.69. The summed E-state index contributed by atoms with van der Waals surface area (Å²) in [6, 6.07) is 11.0. The van der Waals surface area contributed by atoms with E-state index in [1.165, 1.54) is 22.5 Å². The second-order valence-electron chi connectivity index (χ2n) is 6.07. The fraction of sp³-hybridized carbons (Fsp3) is 0.316. The lowest BCUT2D eigenvalue weighted by atomic mass is 10.2. The van der Waals surface area contributed by atoms with E-state index in [0.717, 1.165) is 0 Å². The molecule has 150 valence electrons. The fourth-order valence-electron chi connectivity index (χ4n) is 2.78. The summed E-state index contributed by atoms with van der Waals surface area (Å²) in [5.74, 6) is 0.161. The summed E-state index contributed by atoms with van der Waals surface area (Å²) < 4.78 is 37.6. The number of amides is 1. The van der Waals surface area contributed by atoms with Crippen LogP contribution in [-0.2, 0) is 14.8 Å². The Labute approximate surface area is 169 Å². The van der Waals surface area contributed by atoms with E-state index in [9.17, 15) is 13.2 Å². The molecular weight excluding hydrogens is 404 g/mol. The average Bonchev–Trinajstić information content (AvgIpc) is 2.70. The molecule has 1 heterocycles. The fourth-order valence-corrected chi connectivity index (χ4v) is 4.38. The van der Waals surface area contributed by atoms with E-state index in [4.69, 9.17) is 21.1 Å². The quantitative estimate of drug-likeness (QED) is 0.770. The van der Waals surface area contributed by atoms with Gasteiger partial charge < -0.3 is 14.8 Å². The van der Waals surface area contributed by atoms with Gasteiger partial charge in [0.05, 0.1) is 35.4 Å². The van der Waals surface area contributed by atoms with E-state index in [2.05, 4.69) is 5.32 Å². The molecule has 0 aromatic heterocycles. The van der Waals surface area contributed by atoms with Gasteiger partial charge in [0.1, 0.15) is 5.75 Å². The first kappa shape index (κ1) is 20.6.